The van der Waals surface area contributed by atoms with Crippen molar-refractivity contribution in [3.8, 4) is 0 Å². The van der Waals surface area contributed by atoms with Gasteiger partial charge < -0.3 is 5.32 Å². The van der Waals surface area contributed by atoms with Crippen molar-refractivity contribution in [3.05, 3.63) is 35.9 Å². The van der Waals surface area contributed by atoms with E-state index in [9.17, 15) is 0 Å². The largest absolute Gasteiger partial charge is 0.315 e. The molecule has 0 amide bonds. The molecular formula is C19H32N2. The predicted molar refractivity (Wildman–Crippen MR) is 91.5 cm³/mol. The average Bonchev–Trinajstić information content (AvgIpc) is 2.52. The monoisotopic (exact) mass is 288 g/mol. The summed E-state index contributed by atoms with van der Waals surface area (Å²) >= 11 is 0. The van der Waals surface area contributed by atoms with Gasteiger partial charge in [-0.05, 0) is 49.9 Å². The molecule has 0 radical (unpaired) electrons. The fourth-order valence-electron chi connectivity index (χ4n) is 3.31. The number of hydrogen-bond donors (Lipinski definition) is 1. The third kappa shape index (κ3) is 5.12. The van der Waals surface area contributed by atoms with Crippen LogP contribution in [0.1, 0.15) is 51.6 Å². The van der Waals surface area contributed by atoms with E-state index in [0.29, 0.717) is 12.0 Å². The van der Waals surface area contributed by atoms with Crippen LogP contribution in [-0.4, -0.2) is 31.1 Å². The summed E-state index contributed by atoms with van der Waals surface area (Å²) in [5.41, 5.74) is 1.46. The van der Waals surface area contributed by atoms with E-state index in [0.717, 1.165) is 19.0 Å². The Morgan fingerprint density at radius 3 is 2.33 bits per heavy atom. The summed E-state index contributed by atoms with van der Waals surface area (Å²) in [6, 6.07) is 11.6. The molecule has 118 valence electrons. The number of benzene rings is 1. The first-order valence-electron chi connectivity index (χ1n) is 8.70. The molecule has 0 saturated carbocycles. The van der Waals surface area contributed by atoms with E-state index >= 15 is 0 Å². The number of piperidine rings is 1. The lowest BCUT2D eigenvalue weighted by Gasteiger charge is -2.38. The topological polar surface area (TPSA) is 15.3 Å². The smallest absolute Gasteiger partial charge is 0.0472 e. The molecule has 21 heavy (non-hydrogen) atoms. The van der Waals surface area contributed by atoms with Gasteiger partial charge in [-0.2, -0.15) is 0 Å². The van der Waals surface area contributed by atoms with Gasteiger partial charge in [-0.3, -0.25) is 4.90 Å². The van der Waals surface area contributed by atoms with Gasteiger partial charge >= 0.3 is 0 Å². The van der Waals surface area contributed by atoms with Gasteiger partial charge in [-0.15, -0.1) is 0 Å². The average molecular weight is 288 g/mol. The van der Waals surface area contributed by atoms with E-state index in [1.54, 1.807) is 0 Å². The standard InChI is InChI=1S/C19H32N2/c1-4-17-10-12-21(13-11-17)19(15-20-14-16(2)3)18-8-6-5-7-9-18/h5-9,16-17,19-20H,4,10-15H2,1-3H3. The molecule has 1 saturated heterocycles. The van der Waals surface area contributed by atoms with E-state index in [4.69, 9.17) is 0 Å². The molecule has 1 fully saturated rings. The number of hydrogen-bond acceptors (Lipinski definition) is 2. The van der Waals surface area contributed by atoms with Crippen LogP contribution in [0.15, 0.2) is 30.3 Å². The molecular weight excluding hydrogens is 256 g/mol. The Morgan fingerprint density at radius 1 is 1.10 bits per heavy atom. The molecule has 1 N–H and O–H groups in total. The third-order valence-corrected chi connectivity index (χ3v) is 4.74. The van der Waals surface area contributed by atoms with Gasteiger partial charge in [-0.1, -0.05) is 57.5 Å². The van der Waals surface area contributed by atoms with Gasteiger partial charge in [0.1, 0.15) is 0 Å². The summed E-state index contributed by atoms with van der Waals surface area (Å²) in [7, 11) is 0. The van der Waals surface area contributed by atoms with Crippen LogP contribution in [0, 0.1) is 11.8 Å². The fourth-order valence-corrected chi connectivity index (χ4v) is 3.31. The van der Waals surface area contributed by atoms with E-state index < -0.39 is 0 Å². The van der Waals surface area contributed by atoms with Crippen molar-refractivity contribution in [1.29, 1.82) is 0 Å². The first-order valence-corrected chi connectivity index (χ1v) is 8.70. The maximum atomic E-state index is 3.66. The van der Waals surface area contributed by atoms with Gasteiger partial charge in [0.15, 0.2) is 0 Å². The molecule has 0 aliphatic carbocycles. The maximum absolute atomic E-state index is 3.66. The summed E-state index contributed by atoms with van der Waals surface area (Å²) < 4.78 is 0. The summed E-state index contributed by atoms with van der Waals surface area (Å²) in [5.74, 6) is 1.66. The summed E-state index contributed by atoms with van der Waals surface area (Å²) in [6.45, 7) is 11.6. The van der Waals surface area contributed by atoms with Gasteiger partial charge in [0.05, 0.1) is 0 Å². The lowest BCUT2D eigenvalue weighted by Crippen LogP contribution is -2.41. The molecule has 1 unspecified atom stereocenters. The molecule has 1 aliphatic rings. The minimum absolute atomic E-state index is 0.530. The number of nitrogens with zero attached hydrogens (tertiary/aromatic N) is 1. The Bertz CT molecular complexity index is 380. The van der Waals surface area contributed by atoms with Crippen LogP contribution in [0.2, 0.25) is 0 Å². The quantitative estimate of drug-likeness (QED) is 0.813. The van der Waals surface area contributed by atoms with E-state index in [2.05, 4.69) is 61.3 Å². The molecule has 1 atom stereocenters. The number of rotatable bonds is 7. The van der Waals surface area contributed by atoms with Gasteiger partial charge in [-0.25, -0.2) is 0 Å². The molecule has 2 rings (SSSR count). The number of likely N-dealkylation sites (tertiary alicyclic amines) is 1. The van der Waals surface area contributed by atoms with Crippen molar-refractivity contribution < 1.29 is 0 Å². The Balaban J connectivity index is 1.98. The zero-order valence-electron chi connectivity index (χ0n) is 14.0. The van der Waals surface area contributed by atoms with Crippen molar-refractivity contribution in [3.63, 3.8) is 0 Å². The lowest BCUT2D eigenvalue weighted by molar-refractivity contribution is 0.128. The van der Waals surface area contributed by atoms with Crippen LogP contribution < -0.4 is 5.32 Å². The normalized spacial score (nSPS) is 19.0. The zero-order chi connectivity index (χ0) is 15.1. The second-order valence-electron chi connectivity index (χ2n) is 6.87. The van der Waals surface area contributed by atoms with E-state index in [1.807, 2.05) is 0 Å². The highest BCUT2D eigenvalue weighted by Gasteiger charge is 2.25. The van der Waals surface area contributed by atoms with Gasteiger partial charge in [0.25, 0.3) is 0 Å². The summed E-state index contributed by atoms with van der Waals surface area (Å²) in [6.07, 6.45) is 4.07. The highest BCUT2D eigenvalue weighted by Crippen LogP contribution is 2.27. The second kappa shape index (κ2) is 8.55. The van der Waals surface area contributed by atoms with Gasteiger partial charge in [0.2, 0.25) is 0 Å². The minimum Gasteiger partial charge on any atom is -0.315 e. The summed E-state index contributed by atoms with van der Waals surface area (Å²) in [5, 5.41) is 3.66. The van der Waals surface area contributed by atoms with Crippen LogP contribution in [0.3, 0.4) is 0 Å². The lowest BCUT2D eigenvalue weighted by atomic mass is 9.92. The summed E-state index contributed by atoms with van der Waals surface area (Å²) in [4.78, 5) is 2.69. The SMILES string of the molecule is CCC1CCN(C(CNCC(C)C)c2ccccc2)CC1. The minimum atomic E-state index is 0.530. The van der Waals surface area contributed by atoms with Crippen LogP contribution in [0.25, 0.3) is 0 Å². The number of nitrogens with one attached hydrogen (secondary N) is 1. The van der Waals surface area contributed by atoms with Crippen LogP contribution in [0.5, 0.6) is 0 Å². The molecule has 1 aromatic carbocycles. The molecule has 0 aromatic heterocycles. The molecule has 2 nitrogen and oxygen atoms in total. The highest BCUT2D eigenvalue weighted by atomic mass is 15.2. The first kappa shape index (κ1) is 16.5. The second-order valence-corrected chi connectivity index (χ2v) is 6.87. The molecule has 1 aromatic rings. The van der Waals surface area contributed by atoms with Crippen LogP contribution in [-0.2, 0) is 0 Å². The van der Waals surface area contributed by atoms with Crippen molar-refractivity contribution in [2.75, 3.05) is 26.2 Å². The molecule has 0 bridgehead atoms. The first-order chi connectivity index (χ1) is 10.2. The van der Waals surface area contributed by atoms with Crippen LogP contribution in [0.4, 0.5) is 0 Å². The van der Waals surface area contributed by atoms with Crippen molar-refractivity contribution in [1.82, 2.24) is 10.2 Å². The highest BCUT2D eigenvalue weighted by molar-refractivity contribution is 5.19. The van der Waals surface area contributed by atoms with Crippen molar-refractivity contribution in [2.24, 2.45) is 11.8 Å². The Labute approximate surface area is 130 Å². The van der Waals surface area contributed by atoms with Crippen molar-refractivity contribution in [2.45, 2.75) is 46.1 Å². The zero-order valence-corrected chi connectivity index (χ0v) is 14.0. The molecule has 1 aliphatic heterocycles. The van der Waals surface area contributed by atoms with Crippen molar-refractivity contribution >= 4 is 0 Å². The molecule has 0 spiro atoms. The molecule has 2 heteroatoms. The molecule has 1 heterocycles. The Hall–Kier alpha value is -0.860. The van der Waals surface area contributed by atoms with Gasteiger partial charge in [0, 0.05) is 12.6 Å². The maximum Gasteiger partial charge on any atom is 0.0472 e. The Kier molecular flexibility index (Phi) is 6.72. The fraction of sp³-hybridized carbons (Fsp3) is 0.684. The van der Waals surface area contributed by atoms with E-state index in [-0.39, 0.29) is 0 Å². The Morgan fingerprint density at radius 2 is 1.76 bits per heavy atom. The predicted octanol–water partition coefficient (Wildman–Crippen LogP) is 4.10. The van der Waals surface area contributed by atoms with Crippen LogP contribution >= 0.6 is 0 Å². The third-order valence-electron chi connectivity index (χ3n) is 4.74. The van der Waals surface area contributed by atoms with E-state index in [1.165, 1.54) is 37.9 Å².